The third-order valence-electron chi connectivity index (χ3n) is 1.40. The zero-order chi connectivity index (χ0) is 8.85. The van der Waals surface area contributed by atoms with E-state index < -0.39 is 0 Å². The predicted octanol–water partition coefficient (Wildman–Crippen LogP) is -1.23. The van der Waals surface area contributed by atoms with E-state index in [2.05, 4.69) is 19.2 Å². The summed E-state index contributed by atoms with van der Waals surface area (Å²) in [5, 5.41) is 3.09. The molecule has 0 aliphatic carbocycles. The van der Waals surface area contributed by atoms with Gasteiger partial charge in [0.15, 0.2) is 0 Å². The molecule has 0 saturated carbocycles. The van der Waals surface area contributed by atoms with E-state index in [4.69, 9.17) is 0 Å². The standard InChI is InChI=1S/C9H18NO.Rb/c1-7(2)9(11)5-6-10-8(3)4;/h6-8,10H,5H2,1-4H3;/q-1;+1. The Labute approximate surface area is 125 Å². The van der Waals surface area contributed by atoms with Crippen molar-refractivity contribution in [1.29, 1.82) is 0 Å². The molecule has 66 valence electrons. The molecule has 0 heterocycles. The van der Waals surface area contributed by atoms with Crippen LogP contribution in [0.25, 0.3) is 0 Å². The summed E-state index contributed by atoms with van der Waals surface area (Å²) in [7, 11) is 0. The molecule has 0 aromatic rings. The Morgan fingerprint density at radius 2 is 1.83 bits per heavy atom. The molecule has 0 spiro atoms. The molecule has 0 rings (SSSR count). The average Bonchev–Trinajstić information content (AvgIpc) is 1.86. The maximum Gasteiger partial charge on any atom is 1.00 e. The van der Waals surface area contributed by atoms with Gasteiger partial charge >= 0.3 is 58.2 Å². The van der Waals surface area contributed by atoms with Gasteiger partial charge in [0, 0.05) is 5.92 Å². The van der Waals surface area contributed by atoms with Crippen molar-refractivity contribution in [3.63, 3.8) is 0 Å². The van der Waals surface area contributed by atoms with E-state index in [0.29, 0.717) is 12.5 Å². The summed E-state index contributed by atoms with van der Waals surface area (Å²) in [5.41, 5.74) is 0. The Balaban J connectivity index is 0. The smallest absolute Gasteiger partial charge is 0.467 e. The van der Waals surface area contributed by atoms with E-state index >= 15 is 0 Å². The van der Waals surface area contributed by atoms with Crippen LogP contribution in [0.3, 0.4) is 0 Å². The van der Waals surface area contributed by atoms with Crippen LogP contribution in [0.1, 0.15) is 34.1 Å². The van der Waals surface area contributed by atoms with Gasteiger partial charge in [-0.05, 0) is 6.04 Å². The van der Waals surface area contributed by atoms with Crippen molar-refractivity contribution in [3.8, 4) is 0 Å². The summed E-state index contributed by atoms with van der Waals surface area (Å²) >= 11 is 0. The number of carbonyl (C=O) groups excluding carboxylic acids is 1. The van der Waals surface area contributed by atoms with Gasteiger partial charge in [0.05, 0.1) is 0 Å². The van der Waals surface area contributed by atoms with Crippen LogP contribution in [0.2, 0.25) is 0 Å². The first-order valence-electron chi connectivity index (χ1n) is 4.14. The topological polar surface area (TPSA) is 29.1 Å². The van der Waals surface area contributed by atoms with Gasteiger partial charge in [-0.2, -0.15) is 0 Å². The number of nitrogens with one attached hydrogen (secondary N) is 1. The molecule has 0 radical (unpaired) electrons. The van der Waals surface area contributed by atoms with Gasteiger partial charge in [0.25, 0.3) is 0 Å². The predicted molar refractivity (Wildman–Crippen MR) is 47.0 cm³/mol. The first kappa shape index (κ1) is 15.9. The van der Waals surface area contributed by atoms with Gasteiger partial charge in [0.1, 0.15) is 5.78 Å². The number of ketones is 1. The molecule has 0 saturated heterocycles. The van der Waals surface area contributed by atoms with Crippen molar-refractivity contribution in [2.24, 2.45) is 5.92 Å². The average molecular weight is 242 g/mol. The van der Waals surface area contributed by atoms with Crippen LogP contribution in [0.5, 0.6) is 0 Å². The molecule has 0 atom stereocenters. The largest absolute Gasteiger partial charge is 1.00 e. The van der Waals surface area contributed by atoms with Crippen LogP contribution in [-0.4, -0.2) is 11.8 Å². The van der Waals surface area contributed by atoms with Crippen molar-refractivity contribution >= 4 is 5.78 Å². The Kier molecular flexibility index (Phi) is 11.9. The maximum absolute atomic E-state index is 11.1. The second-order valence-corrected chi connectivity index (χ2v) is 3.35. The normalized spacial score (nSPS) is 10.2. The summed E-state index contributed by atoms with van der Waals surface area (Å²) in [6.07, 6.45) is 0.538. The molecule has 0 unspecified atom stereocenters. The Bertz CT molecular complexity index is 124. The zero-order valence-corrected chi connectivity index (χ0v) is 13.8. The second-order valence-electron chi connectivity index (χ2n) is 3.35. The molecule has 3 heteroatoms. The summed E-state index contributed by atoms with van der Waals surface area (Å²) < 4.78 is 0. The molecule has 0 bridgehead atoms. The van der Waals surface area contributed by atoms with Crippen LogP contribution in [-0.2, 0) is 4.79 Å². The second kappa shape index (κ2) is 9.01. The van der Waals surface area contributed by atoms with Gasteiger partial charge in [-0.25, -0.2) is 0 Å². The van der Waals surface area contributed by atoms with Crippen molar-refractivity contribution in [3.05, 3.63) is 6.54 Å². The van der Waals surface area contributed by atoms with Gasteiger partial charge in [0.2, 0.25) is 0 Å². The summed E-state index contributed by atoms with van der Waals surface area (Å²) in [4.78, 5) is 11.1. The summed E-state index contributed by atoms with van der Waals surface area (Å²) in [6, 6.07) is 0.426. The number of rotatable bonds is 5. The van der Waals surface area contributed by atoms with E-state index in [1.165, 1.54) is 0 Å². The van der Waals surface area contributed by atoms with Crippen molar-refractivity contribution in [1.82, 2.24) is 5.32 Å². The Hall–Kier alpha value is 1.44. The van der Waals surface area contributed by atoms with Gasteiger partial charge in [-0.1, -0.05) is 27.7 Å². The molecule has 0 aliphatic heterocycles. The molecular formula is C9H18NORb. The number of hydrogen-bond acceptors (Lipinski definition) is 2. The van der Waals surface area contributed by atoms with Crippen LogP contribution in [0, 0.1) is 12.5 Å². The van der Waals surface area contributed by atoms with E-state index in [-0.39, 0.29) is 69.9 Å². The van der Waals surface area contributed by atoms with Crippen molar-refractivity contribution in [2.45, 2.75) is 40.2 Å². The van der Waals surface area contributed by atoms with Crippen molar-refractivity contribution < 1.29 is 63.0 Å². The molecule has 0 aromatic carbocycles. The Morgan fingerprint density at radius 3 is 2.17 bits per heavy atom. The van der Waals surface area contributed by atoms with E-state index in [0.717, 1.165) is 0 Å². The minimum atomic E-state index is 0. The fourth-order valence-electron chi connectivity index (χ4n) is 0.631. The molecule has 0 amide bonds. The molecule has 0 aromatic heterocycles. The summed E-state index contributed by atoms with van der Waals surface area (Å²) in [5.74, 6) is 0.443. The van der Waals surface area contributed by atoms with Gasteiger partial charge < -0.3 is 10.1 Å². The third-order valence-corrected chi connectivity index (χ3v) is 1.40. The third kappa shape index (κ3) is 9.52. The molecule has 2 nitrogen and oxygen atoms in total. The quantitative estimate of drug-likeness (QED) is 0.611. The van der Waals surface area contributed by atoms with Gasteiger partial charge in [-0.3, -0.25) is 6.54 Å². The molecule has 1 N–H and O–H groups in total. The van der Waals surface area contributed by atoms with Crippen LogP contribution < -0.4 is 63.5 Å². The van der Waals surface area contributed by atoms with E-state index in [9.17, 15) is 4.79 Å². The molecular weight excluding hydrogens is 224 g/mol. The maximum atomic E-state index is 11.1. The van der Waals surface area contributed by atoms with Gasteiger partial charge in [-0.15, -0.1) is 6.42 Å². The van der Waals surface area contributed by atoms with Crippen LogP contribution >= 0.6 is 0 Å². The first-order valence-corrected chi connectivity index (χ1v) is 4.14. The fraction of sp³-hybridized carbons (Fsp3) is 0.778. The van der Waals surface area contributed by atoms with Crippen molar-refractivity contribution in [2.75, 3.05) is 0 Å². The minimum absolute atomic E-state index is 0. The number of Topliss-reactive ketones (excluding diaryl/α,β-unsaturated/α-hetero) is 1. The minimum Gasteiger partial charge on any atom is -0.467 e. The monoisotopic (exact) mass is 241 g/mol. The van der Waals surface area contributed by atoms with Crippen LogP contribution in [0.4, 0.5) is 0 Å². The van der Waals surface area contributed by atoms with Crippen LogP contribution in [0.15, 0.2) is 0 Å². The summed E-state index contributed by atoms with van der Waals surface area (Å²) in [6.45, 7) is 9.79. The van der Waals surface area contributed by atoms with E-state index in [1.807, 2.05) is 20.4 Å². The zero-order valence-electron chi connectivity index (χ0n) is 8.85. The SMILES string of the molecule is CC(C)N[CH-]CC(=O)C(C)C.[Rb+]. The fourth-order valence-corrected chi connectivity index (χ4v) is 0.631. The Morgan fingerprint density at radius 1 is 1.33 bits per heavy atom. The van der Waals surface area contributed by atoms with E-state index in [1.54, 1.807) is 0 Å². The number of carbonyl (C=O) groups is 1. The molecule has 12 heavy (non-hydrogen) atoms. The number of hydrogen-bond donors (Lipinski definition) is 1. The molecule has 0 fully saturated rings. The molecule has 0 aliphatic rings. The first-order chi connectivity index (χ1) is 5.04.